The maximum Gasteiger partial charge on any atom is 0.410 e. The largest absolute Gasteiger partial charge is 0.477 e. The summed E-state index contributed by atoms with van der Waals surface area (Å²) < 4.78 is 20.4. The number of piperidine rings is 2. The van der Waals surface area contributed by atoms with Crippen molar-refractivity contribution in [1.29, 1.82) is 0 Å². The van der Waals surface area contributed by atoms with Gasteiger partial charge in [0.25, 0.3) is 17.7 Å². The summed E-state index contributed by atoms with van der Waals surface area (Å²) in [6.07, 6.45) is 15.1. The molecule has 4 saturated heterocycles. The molecule has 0 atom stereocenters. The van der Waals surface area contributed by atoms with Crippen molar-refractivity contribution in [2.75, 3.05) is 63.2 Å². The van der Waals surface area contributed by atoms with Crippen LogP contribution in [0.3, 0.4) is 0 Å². The number of amides is 4. The quantitative estimate of drug-likeness (QED) is 0.0263. The van der Waals surface area contributed by atoms with E-state index in [4.69, 9.17) is 35.0 Å². The summed E-state index contributed by atoms with van der Waals surface area (Å²) in [5.41, 5.74) is 22.3. The molecule has 0 aliphatic carbocycles. The number of aromatic nitrogens is 8. The summed E-state index contributed by atoms with van der Waals surface area (Å²) in [6.45, 7) is 23.3. The molecule has 0 bridgehead atoms. The van der Waals surface area contributed by atoms with E-state index < -0.39 is 17.5 Å². The second kappa shape index (κ2) is 39.7. The van der Waals surface area contributed by atoms with Gasteiger partial charge in [-0.3, -0.25) is 14.4 Å². The molecular weight excluding hydrogens is 1440 g/mol. The van der Waals surface area contributed by atoms with Crippen molar-refractivity contribution in [3.05, 3.63) is 213 Å². The van der Waals surface area contributed by atoms with Crippen LogP contribution in [0.1, 0.15) is 187 Å². The van der Waals surface area contributed by atoms with Crippen molar-refractivity contribution < 1.29 is 43.3 Å². The van der Waals surface area contributed by atoms with Crippen molar-refractivity contribution in [2.45, 2.75) is 182 Å². The maximum atomic E-state index is 13.5. The highest BCUT2D eigenvalue weighted by Gasteiger charge is 2.29. The standard InChI is InChI=1S/C42H50N8O3.C24H32N2O2.C23H28N6O4/c1-3-36-34(39(47-33-16-20-53-21-17-33)35-27-46-50(4-2)40(35)49-36)26-45-42(52)38-13-7-12-37(48-38)41(51)44-25-30-9-6-11-32(24-30)31-10-5-8-29(23-31)22-28-14-18-43-19-15-28;1-24(2,3)28-23(27)26-12-10-18(11-13-26)14-19-6-4-8-21(15-19)22-9-5-7-20(16-22)17-25;1-3-17-15(12-24-22(30)18-6-5-7-19(27-18)23(31)32)20(26-14-8-10-33-11-9-14)16-13-25-29(4-2)21(16)28-17/h5-13,23-24,27-28,33,43H,3-4,14-22,25-26H2,1-2H3,(H,44,51)(H,45,52)(H,47,49);4-9,15-16,18H,10-14,17,25H2,1-3H3;5-7,13-14H,3-4,8-12H2,1-2H3,(H,24,30)(H,26,28)(H,31,32). The lowest BCUT2D eigenvalue weighted by atomic mass is 9.89. The van der Waals surface area contributed by atoms with E-state index >= 15 is 0 Å². The van der Waals surface area contributed by atoms with Crippen LogP contribution in [0.5, 0.6) is 0 Å². The number of carboxylic acids is 1. The van der Waals surface area contributed by atoms with Gasteiger partial charge < -0.3 is 61.9 Å². The topological polar surface area (TPSA) is 322 Å². The van der Waals surface area contributed by atoms with E-state index in [1.807, 2.05) is 73.4 Å². The van der Waals surface area contributed by atoms with Crippen LogP contribution >= 0.6 is 0 Å². The van der Waals surface area contributed by atoms with Gasteiger partial charge in [0.2, 0.25) is 0 Å². The minimum atomic E-state index is -1.18. The number of carbonyl (C=O) groups excluding carboxylic acids is 4. The average molecular weight is 1550 g/mol. The Kier molecular flexibility index (Phi) is 28.7. The normalized spacial score (nSPS) is 15.1. The Bertz CT molecular complexity index is 4950. The number of likely N-dealkylation sites (tertiary alicyclic amines) is 1. The number of rotatable bonds is 25. The SMILES string of the molecule is CC(C)(C)OC(=O)N1CCC(Cc2cccc(-c3cccc(CN)c3)c2)CC1.CCc1nc2c(cnn2CC)c(NC2CCOCC2)c1CNC(=O)c1cccc(C(=O)NCc2cccc(-c3cccc(CC4CCNCC4)c3)c2)n1.CCc1nc2c(cnn2CC)c(NC2CCOCC2)c1CNC(=O)c1cccc(C(=O)O)n1. The zero-order chi connectivity index (χ0) is 80.1. The highest BCUT2D eigenvalue weighted by molar-refractivity contribution is 5.98. The molecule has 25 heteroatoms. The van der Waals surface area contributed by atoms with E-state index in [9.17, 15) is 24.0 Å². The Morgan fingerprint density at radius 2 is 0.904 bits per heavy atom. The lowest BCUT2D eigenvalue weighted by Gasteiger charge is -2.33. The van der Waals surface area contributed by atoms with Crippen molar-refractivity contribution in [3.8, 4) is 22.3 Å². The number of aromatic carboxylic acids is 1. The van der Waals surface area contributed by atoms with Gasteiger partial charge in [-0.1, -0.05) is 111 Å². The van der Waals surface area contributed by atoms with Gasteiger partial charge in [0.15, 0.2) is 11.3 Å². The molecular formula is C89H110N16O9. The molecule has 14 rings (SSSR count). The Morgan fingerprint density at radius 3 is 1.33 bits per heavy atom. The summed E-state index contributed by atoms with van der Waals surface area (Å²) >= 11 is 0. The van der Waals surface area contributed by atoms with Crippen molar-refractivity contribution in [1.82, 2.24) is 65.7 Å². The van der Waals surface area contributed by atoms with E-state index in [0.29, 0.717) is 71.4 Å². The Labute approximate surface area is 667 Å². The van der Waals surface area contributed by atoms with Gasteiger partial charge in [-0.15, -0.1) is 0 Å². The minimum absolute atomic E-state index is 0.0553. The van der Waals surface area contributed by atoms with Gasteiger partial charge in [0, 0.05) is 113 Å². The number of benzene rings is 4. The number of fused-ring (bicyclic) bond motifs is 2. The maximum absolute atomic E-state index is 13.5. The molecule has 0 saturated carbocycles. The van der Waals surface area contributed by atoms with E-state index in [2.05, 4.69) is 151 Å². The number of pyridine rings is 4. The van der Waals surface area contributed by atoms with E-state index in [1.54, 1.807) is 18.2 Å². The van der Waals surface area contributed by atoms with Gasteiger partial charge in [-0.05, 0) is 217 Å². The lowest BCUT2D eigenvalue weighted by Crippen LogP contribution is -2.42. The number of ether oxygens (including phenoxy) is 3. The summed E-state index contributed by atoms with van der Waals surface area (Å²) in [5.74, 6) is -0.998. The summed E-state index contributed by atoms with van der Waals surface area (Å²) in [7, 11) is 0. The van der Waals surface area contributed by atoms with Crippen LogP contribution in [-0.4, -0.2) is 150 Å². The van der Waals surface area contributed by atoms with Crippen LogP contribution in [0.4, 0.5) is 16.2 Å². The van der Waals surface area contributed by atoms with Crippen LogP contribution in [0.2, 0.25) is 0 Å². The van der Waals surface area contributed by atoms with Crippen molar-refractivity contribution in [3.63, 3.8) is 0 Å². The second-order valence-corrected chi connectivity index (χ2v) is 30.7. The third-order valence-electron chi connectivity index (χ3n) is 21.5. The average Bonchev–Trinajstić information content (AvgIpc) is 1.61. The Balaban J connectivity index is 0.000000169. The van der Waals surface area contributed by atoms with Gasteiger partial charge in [-0.2, -0.15) is 10.2 Å². The zero-order valence-corrected chi connectivity index (χ0v) is 66.9. The highest BCUT2D eigenvalue weighted by Crippen LogP contribution is 2.35. The van der Waals surface area contributed by atoms with Crippen LogP contribution in [0, 0.1) is 11.8 Å². The molecule has 4 fully saturated rings. The number of hydrogen-bond acceptors (Lipinski definition) is 18. The molecule has 10 heterocycles. The van der Waals surface area contributed by atoms with Crippen molar-refractivity contribution in [2.24, 2.45) is 17.6 Å². The number of anilines is 2. The first-order chi connectivity index (χ1) is 55.3. The monoisotopic (exact) mass is 1550 g/mol. The third kappa shape index (κ3) is 21.9. The zero-order valence-electron chi connectivity index (χ0n) is 66.9. The lowest BCUT2D eigenvalue weighted by molar-refractivity contribution is 0.0183. The molecule has 25 nitrogen and oxygen atoms in total. The second-order valence-electron chi connectivity index (χ2n) is 30.7. The molecule has 0 unspecified atom stereocenters. The molecule has 4 amide bonds. The van der Waals surface area contributed by atoms with Gasteiger partial charge in [-0.25, -0.2) is 38.9 Å². The molecule has 4 aliphatic heterocycles. The predicted molar refractivity (Wildman–Crippen MR) is 444 cm³/mol. The fourth-order valence-electron chi connectivity index (χ4n) is 15.3. The molecule has 4 aromatic carbocycles. The minimum Gasteiger partial charge on any atom is -0.477 e. The first-order valence-corrected chi connectivity index (χ1v) is 40.5. The molecule has 10 aromatic rings. The molecule has 9 N–H and O–H groups in total. The first-order valence-electron chi connectivity index (χ1n) is 40.5. The fourth-order valence-corrected chi connectivity index (χ4v) is 15.3. The number of carbonyl (C=O) groups is 5. The predicted octanol–water partition coefficient (Wildman–Crippen LogP) is 13.7. The summed E-state index contributed by atoms with van der Waals surface area (Å²) in [6, 6.07) is 44.1. The number of aryl methyl sites for hydroxylation is 4. The molecule has 114 heavy (non-hydrogen) atoms. The fraction of sp³-hybridized carbons (Fsp3) is 0.427. The van der Waals surface area contributed by atoms with E-state index in [-0.39, 0.29) is 65.9 Å². The Morgan fingerprint density at radius 1 is 0.509 bits per heavy atom. The van der Waals surface area contributed by atoms with E-state index in [0.717, 1.165) is 156 Å². The van der Waals surface area contributed by atoms with Crippen LogP contribution in [-0.2, 0) is 79.2 Å². The van der Waals surface area contributed by atoms with Crippen LogP contribution in [0.15, 0.2) is 146 Å². The summed E-state index contributed by atoms with van der Waals surface area (Å²) in [4.78, 5) is 83.1. The first kappa shape index (κ1) is 82.5. The molecule has 6 aromatic heterocycles. The van der Waals surface area contributed by atoms with Gasteiger partial charge in [0.05, 0.1) is 34.5 Å². The summed E-state index contributed by atoms with van der Waals surface area (Å²) in [5, 5.41) is 39.9. The van der Waals surface area contributed by atoms with E-state index in [1.165, 1.54) is 58.9 Å². The number of hydrogen-bond donors (Lipinski definition) is 8. The molecule has 4 aliphatic rings. The number of nitrogens with two attached hydrogens (primary N) is 1. The van der Waals surface area contributed by atoms with Crippen LogP contribution < -0.4 is 37.6 Å². The number of nitrogens with one attached hydrogen (secondary N) is 6. The highest BCUT2D eigenvalue weighted by atomic mass is 16.6. The van der Waals surface area contributed by atoms with Gasteiger partial charge >= 0.3 is 12.1 Å². The Hall–Kier alpha value is -11.0. The number of nitrogens with zero attached hydrogens (tertiary/aromatic N) is 9. The van der Waals surface area contributed by atoms with Crippen molar-refractivity contribution >= 4 is 63.2 Å². The molecule has 0 radical (unpaired) electrons. The molecule has 0 spiro atoms. The van der Waals surface area contributed by atoms with Crippen LogP contribution in [0.25, 0.3) is 44.3 Å². The molecule has 600 valence electrons. The van der Waals surface area contributed by atoms with Gasteiger partial charge in [0.1, 0.15) is 28.4 Å². The smallest absolute Gasteiger partial charge is 0.410 e. The number of carboxylic acid groups (broad SMARTS) is 1. The third-order valence-corrected chi connectivity index (χ3v) is 21.5.